The van der Waals surface area contributed by atoms with E-state index in [-0.39, 0.29) is 90.4 Å². The molecule has 1 aliphatic carbocycles. The van der Waals surface area contributed by atoms with Gasteiger partial charge in [0, 0.05) is 106 Å². The predicted molar refractivity (Wildman–Crippen MR) is 331 cm³/mol. The van der Waals surface area contributed by atoms with Gasteiger partial charge >= 0.3 is 6.09 Å². The summed E-state index contributed by atoms with van der Waals surface area (Å²) in [5.41, 5.74) is 1.42. The van der Waals surface area contributed by atoms with E-state index in [0.29, 0.717) is 92.2 Å². The summed E-state index contributed by atoms with van der Waals surface area (Å²) in [6.45, 7) is 14.8. The first kappa shape index (κ1) is 64.3. The van der Waals surface area contributed by atoms with Crippen molar-refractivity contribution >= 4 is 46.4 Å². The number of ether oxygens (including phenoxy) is 1. The lowest BCUT2D eigenvalue weighted by Gasteiger charge is -2.47. The predicted octanol–water partition coefficient (Wildman–Crippen LogP) is 8.37. The molecule has 18 nitrogen and oxygen atoms in total. The van der Waals surface area contributed by atoms with Crippen LogP contribution >= 0.6 is 0 Å². The number of piperidine rings is 2. The van der Waals surface area contributed by atoms with Crippen LogP contribution in [-0.4, -0.2) is 189 Å². The van der Waals surface area contributed by atoms with Crippen LogP contribution in [0.15, 0.2) is 89.7 Å². The molecule has 5 aromatic rings. The number of carbonyl (C=O) groups excluding carboxylic acids is 6. The number of aromatic nitrogens is 2. The van der Waals surface area contributed by atoms with E-state index >= 15 is 4.39 Å². The summed E-state index contributed by atoms with van der Waals surface area (Å²) in [7, 11) is 0. The number of rotatable bonds is 16. The third-order valence-electron chi connectivity index (χ3n) is 18.6. The van der Waals surface area contributed by atoms with Gasteiger partial charge in [-0.2, -0.15) is 5.10 Å². The largest absolute Gasteiger partial charge is 0.444 e. The Hall–Kier alpha value is -7.65. The monoisotopic (exact) mass is 1230 g/mol. The zero-order valence-electron chi connectivity index (χ0n) is 52.0. The molecule has 2 N–H and O–H groups in total. The highest BCUT2D eigenvalue weighted by molar-refractivity contribution is 5.98. The van der Waals surface area contributed by atoms with Gasteiger partial charge in [0.25, 0.3) is 17.4 Å². The summed E-state index contributed by atoms with van der Waals surface area (Å²) < 4.78 is 49.4. The summed E-state index contributed by atoms with van der Waals surface area (Å²) in [6, 6.07) is 21.2. The molecule has 10 rings (SSSR count). The fourth-order valence-corrected chi connectivity index (χ4v) is 13.9. The fraction of sp³-hybridized carbons (Fsp3) is 0.529. The topological polar surface area (TPSA) is 192 Å². The van der Waals surface area contributed by atoms with E-state index in [1.54, 1.807) is 65.8 Å². The van der Waals surface area contributed by atoms with Gasteiger partial charge in [-0.1, -0.05) is 61.7 Å². The van der Waals surface area contributed by atoms with Crippen LogP contribution in [0.3, 0.4) is 0 Å². The molecular formula is C68H85F3N10O8. The lowest BCUT2D eigenvalue weighted by atomic mass is 9.82. The van der Waals surface area contributed by atoms with E-state index in [1.165, 1.54) is 12.1 Å². The second-order valence-corrected chi connectivity index (χ2v) is 26.3. The Morgan fingerprint density at radius 1 is 0.708 bits per heavy atom. The Morgan fingerprint density at radius 2 is 1.42 bits per heavy atom. The van der Waals surface area contributed by atoms with Crippen LogP contribution in [-0.2, 0) is 32.1 Å². The van der Waals surface area contributed by atoms with Crippen molar-refractivity contribution in [2.24, 2.45) is 11.8 Å². The highest BCUT2D eigenvalue weighted by atomic mass is 19.1. The van der Waals surface area contributed by atoms with Crippen molar-refractivity contribution in [2.75, 3.05) is 85.1 Å². The number of hydrogen-bond acceptors (Lipinski definition) is 11. The number of benzene rings is 4. The van der Waals surface area contributed by atoms with Crippen LogP contribution in [0.2, 0.25) is 0 Å². The van der Waals surface area contributed by atoms with Gasteiger partial charge in [0.15, 0.2) is 0 Å². The van der Waals surface area contributed by atoms with Crippen LogP contribution in [0, 0.1) is 29.3 Å². The summed E-state index contributed by atoms with van der Waals surface area (Å²) in [4.78, 5) is 109. The molecule has 0 spiro atoms. The molecule has 5 heterocycles. The molecule has 4 atom stereocenters. The van der Waals surface area contributed by atoms with Crippen molar-refractivity contribution in [3.05, 3.63) is 146 Å². The molecule has 476 valence electrons. The van der Waals surface area contributed by atoms with Crippen LogP contribution in [0.1, 0.15) is 141 Å². The van der Waals surface area contributed by atoms with E-state index in [0.717, 1.165) is 93.6 Å². The molecule has 1 saturated carbocycles. The van der Waals surface area contributed by atoms with E-state index in [2.05, 4.69) is 39.2 Å². The van der Waals surface area contributed by atoms with E-state index < -0.39 is 41.1 Å². The van der Waals surface area contributed by atoms with Crippen molar-refractivity contribution in [1.82, 2.24) is 49.8 Å². The summed E-state index contributed by atoms with van der Waals surface area (Å²) in [6.07, 6.45) is 7.54. The molecule has 1 aromatic heterocycles. The Kier molecular flexibility index (Phi) is 20.6. The molecule has 6 amide bonds. The number of halogens is 3. The Bertz CT molecular complexity index is 3430. The number of H-pyrrole nitrogens is 1. The Morgan fingerprint density at radius 3 is 2.12 bits per heavy atom. The number of piperazine rings is 2. The summed E-state index contributed by atoms with van der Waals surface area (Å²) in [5.74, 6) is -3.07. The van der Waals surface area contributed by atoms with E-state index in [1.807, 2.05) is 35.2 Å². The average molecular weight is 1230 g/mol. The van der Waals surface area contributed by atoms with Crippen molar-refractivity contribution in [3.63, 3.8) is 0 Å². The molecule has 5 aliphatic rings. The van der Waals surface area contributed by atoms with Gasteiger partial charge < -0.3 is 29.7 Å². The summed E-state index contributed by atoms with van der Waals surface area (Å²) >= 11 is 0. The van der Waals surface area contributed by atoms with Crippen LogP contribution in [0.25, 0.3) is 10.8 Å². The number of nitrogens with one attached hydrogen (secondary N) is 2. The lowest BCUT2D eigenvalue weighted by Crippen LogP contribution is -2.64. The quantitative estimate of drug-likeness (QED) is 0.0965. The maximum absolute atomic E-state index is 15.2. The van der Waals surface area contributed by atoms with Crippen molar-refractivity contribution in [1.29, 1.82) is 0 Å². The lowest BCUT2D eigenvalue weighted by molar-refractivity contribution is -0.143. The number of hydrogen-bond donors (Lipinski definition) is 2. The third-order valence-corrected chi connectivity index (χ3v) is 18.6. The normalized spacial score (nSPS) is 20.5. The number of fused-ring (bicyclic) bond motifs is 1. The van der Waals surface area contributed by atoms with Crippen LogP contribution in [0.4, 0.5) is 18.0 Å². The van der Waals surface area contributed by atoms with Gasteiger partial charge in [0.05, 0.1) is 29.7 Å². The Labute approximate surface area is 519 Å². The van der Waals surface area contributed by atoms with Crippen molar-refractivity contribution in [3.8, 4) is 0 Å². The molecule has 89 heavy (non-hydrogen) atoms. The number of nitrogens with zero attached hydrogens (tertiary/aromatic N) is 8. The minimum Gasteiger partial charge on any atom is -0.444 e. The van der Waals surface area contributed by atoms with Gasteiger partial charge in [-0.3, -0.25) is 43.5 Å². The minimum absolute atomic E-state index is 0.00774. The second-order valence-electron chi connectivity index (χ2n) is 26.3. The smallest absolute Gasteiger partial charge is 0.411 e. The minimum atomic E-state index is -0.885. The molecule has 0 radical (unpaired) electrons. The zero-order chi connectivity index (χ0) is 63.1. The maximum atomic E-state index is 15.2. The van der Waals surface area contributed by atoms with Crippen LogP contribution < -0.4 is 10.9 Å². The van der Waals surface area contributed by atoms with Crippen molar-refractivity contribution < 1.29 is 46.7 Å². The third kappa shape index (κ3) is 16.0. The van der Waals surface area contributed by atoms with Crippen molar-refractivity contribution in [2.45, 2.75) is 135 Å². The molecule has 4 saturated heterocycles. The molecule has 0 unspecified atom stereocenters. The molecule has 4 aromatic carbocycles. The highest BCUT2D eigenvalue weighted by Gasteiger charge is 2.41. The highest BCUT2D eigenvalue weighted by Crippen LogP contribution is 2.32. The van der Waals surface area contributed by atoms with Gasteiger partial charge in [0.2, 0.25) is 17.7 Å². The zero-order valence-corrected chi connectivity index (χ0v) is 52.0. The first-order valence-electron chi connectivity index (χ1n) is 31.8. The molecule has 21 heteroatoms. The maximum Gasteiger partial charge on any atom is 0.411 e. The second kappa shape index (κ2) is 28.5. The van der Waals surface area contributed by atoms with E-state index in [4.69, 9.17) is 4.74 Å². The van der Waals surface area contributed by atoms with Gasteiger partial charge in [-0.25, -0.2) is 23.1 Å². The number of carbonyl (C=O) groups is 6. The van der Waals surface area contributed by atoms with Gasteiger partial charge in [0.1, 0.15) is 35.6 Å². The molecular weight excluding hydrogens is 1140 g/mol. The first-order valence-corrected chi connectivity index (χ1v) is 31.8. The van der Waals surface area contributed by atoms with Crippen LogP contribution in [0.5, 0.6) is 0 Å². The summed E-state index contributed by atoms with van der Waals surface area (Å²) in [5, 5.41) is 11.2. The number of aromatic amines is 1. The molecule has 5 fully saturated rings. The fourth-order valence-electron chi connectivity index (χ4n) is 13.9. The number of likely N-dealkylation sites (tertiary alicyclic amines) is 2. The average Bonchev–Trinajstić information content (AvgIpc) is 2.62. The number of amides is 6. The van der Waals surface area contributed by atoms with Gasteiger partial charge in [-0.15, -0.1) is 0 Å². The molecule has 4 aliphatic heterocycles. The standard InChI is InChI=1S/C68H85F3N10O8/c1-44-37-76(39-46-24-27-75(28-25-46)42-60(82)77-29-31-78(32-30-77)65(86)56-33-47(20-23-57(56)70)34-59-54-18-9-10-19-55(54)64(85)74-73-59)38-45(2)81(44)66(87)62(48-13-7-6-8-14-48)72-63(84)50-16-11-15-49(35-50)51-17-12-26-79(40-51)61(83)43-80(67(88)89-68(3,4)5)41-52-21-22-53(69)36-58(52)71/h9-11,15-16,18-23,33,35-36,44-46,48,51,62H,6-8,12-14,17,24-32,34,37-43H2,1-5H3,(H,72,84)(H,74,85)/t44-,45-,51-,62-/m1/s1. The SMILES string of the molecule is C[C@@H]1CN(CC2CCN(CC(=O)N3CCN(C(=O)c4cc(Cc5n[nH]c(=O)c6ccccc56)ccc4F)CC3)CC2)C[C@@H](C)N1C(=O)[C@H](NC(=O)c1cccc([C@@H]2CCCN(C(=O)CN(Cc3ccc(F)cc3F)C(=O)OC(C)(C)C)C2)c1)C1CCCCC1. The van der Waals surface area contributed by atoms with Gasteiger partial charge in [-0.05, 0) is 146 Å². The molecule has 0 bridgehead atoms. The van der Waals surface area contributed by atoms with E-state index in [9.17, 15) is 42.3 Å². The Balaban J connectivity index is 0.687. The first-order chi connectivity index (χ1) is 42.6.